The molecule has 1 aromatic heterocycles. The molecule has 0 amide bonds. The maximum atomic E-state index is 5.85. The molecule has 0 spiro atoms. The smallest absolute Gasteiger partial charge is 0.114 e. The lowest BCUT2D eigenvalue weighted by molar-refractivity contribution is -0.0311. The van der Waals surface area contributed by atoms with Crippen molar-refractivity contribution in [3.8, 4) is 0 Å². The number of hydrogen-bond donors (Lipinski definition) is 1. The highest BCUT2D eigenvalue weighted by atomic mass is 16.5. The largest absolute Gasteiger partial charge is 0.366 e. The van der Waals surface area contributed by atoms with Crippen LogP contribution in [0.3, 0.4) is 0 Å². The Morgan fingerprint density at radius 3 is 2.30 bits per heavy atom. The van der Waals surface area contributed by atoms with Gasteiger partial charge in [0.15, 0.2) is 0 Å². The van der Waals surface area contributed by atoms with E-state index in [9.17, 15) is 0 Å². The van der Waals surface area contributed by atoms with Crippen molar-refractivity contribution in [2.24, 2.45) is 0 Å². The highest BCUT2D eigenvalue weighted by molar-refractivity contribution is 5.06. The molecule has 0 radical (unpaired) electrons. The SMILES string of the molecule is C/C=C\C.C=C.CC.CC1CNCC(c2ccn(C3CC3)n2)O1. The van der Waals surface area contributed by atoms with Crippen LogP contribution in [0.1, 0.15) is 65.3 Å². The van der Waals surface area contributed by atoms with Crippen LogP contribution in [-0.4, -0.2) is 29.0 Å². The lowest BCUT2D eigenvalue weighted by Gasteiger charge is -2.27. The van der Waals surface area contributed by atoms with Gasteiger partial charge in [-0.05, 0) is 39.7 Å². The summed E-state index contributed by atoms with van der Waals surface area (Å²) in [6, 6.07) is 2.75. The van der Waals surface area contributed by atoms with E-state index in [0.29, 0.717) is 6.04 Å². The molecule has 1 saturated carbocycles. The van der Waals surface area contributed by atoms with Gasteiger partial charge in [0.05, 0.1) is 17.8 Å². The van der Waals surface area contributed by atoms with Gasteiger partial charge >= 0.3 is 0 Å². The average molecular weight is 322 g/mol. The molecule has 2 fully saturated rings. The van der Waals surface area contributed by atoms with Gasteiger partial charge in [-0.2, -0.15) is 5.10 Å². The quantitative estimate of drug-likeness (QED) is 0.804. The molecular weight excluding hydrogens is 286 g/mol. The zero-order valence-corrected chi connectivity index (χ0v) is 15.6. The average Bonchev–Trinajstić information content (AvgIpc) is 3.35. The van der Waals surface area contributed by atoms with Crippen LogP contribution in [0.15, 0.2) is 37.6 Å². The van der Waals surface area contributed by atoms with Crippen LogP contribution >= 0.6 is 0 Å². The zero-order valence-electron chi connectivity index (χ0n) is 15.6. The van der Waals surface area contributed by atoms with E-state index in [4.69, 9.17) is 4.74 Å². The first kappa shape index (κ1) is 21.6. The lowest BCUT2D eigenvalue weighted by Crippen LogP contribution is -2.39. The first-order chi connectivity index (χ1) is 11.2. The number of aromatic nitrogens is 2. The molecule has 23 heavy (non-hydrogen) atoms. The molecule has 1 aliphatic carbocycles. The van der Waals surface area contributed by atoms with Crippen molar-refractivity contribution in [3.05, 3.63) is 43.3 Å². The van der Waals surface area contributed by atoms with Gasteiger partial charge in [-0.1, -0.05) is 26.0 Å². The Hall–Kier alpha value is -1.39. The van der Waals surface area contributed by atoms with E-state index in [1.54, 1.807) is 0 Å². The zero-order chi connectivity index (χ0) is 17.7. The van der Waals surface area contributed by atoms with E-state index in [-0.39, 0.29) is 12.2 Å². The van der Waals surface area contributed by atoms with Gasteiger partial charge in [-0.25, -0.2) is 0 Å². The standard InChI is InChI=1S/C11H17N3O.C4H8.C2H6.C2H4/c1-8-6-12-7-11(15-8)10-4-5-14(13-10)9-2-3-9;1-3-4-2;2*1-2/h4-5,8-9,11-12H,2-3,6-7H2,1H3;3-4H,1-2H3;1-2H3;1-2H2/b;4-3-;;. The van der Waals surface area contributed by atoms with Gasteiger partial charge in [-0.3, -0.25) is 4.68 Å². The second-order valence-electron chi connectivity index (χ2n) is 5.21. The maximum absolute atomic E-state index is 5.85. The normalized spacial score (nSPS) is 22.8. The summed E-state index contributed by atoms with van der Waals surface area (Å²) in [6.07, 6.45) is 9.06. The van der Waals surface area contributed by atoms with Crippen LogP contribution in [0.2, 0.25) is 0 Å². The Morgan fingerprint density at radius 1 is 1.22 bits per heavy atom. The predicted octanol–water partition coefficient (Wildman–Crippen LogP) is 4.68. The van der Waals surface area contributed by atoms with Gasteiger partial charge < -0.3 is 10.1 Å². The lowest BCUT2D eigenvalue weighted by atomic mass is 10.2. The Balaban J connectivity index is 0.000000523. The second-order valence-corrected chi connectivity index (χ2v) is 5.21. The Morgan fingerprint density at radius 2 is 1.83 bits per heavy atom. The fourth-order valence-corrected chi connectivity index (χ4v) is 2.04. The molecule has 2 aliphatic rings. The van der Waals surface area contributed by atoms with Crippen LogP contribution in [0.5, 0.6) is 0 Å². The molecule has 0 bridgehead atoms. The number of hydrogen-bond acceptors (Lipinski definition) is 3. The summed E-state index contributed by atoms with van der Waals surface area (Å²) in [4.78, 5) is 0. The van der Waals surface area contributed by atoms with Crippen molar-refractivity contribution in [3.63, 3.8) is 0 Å². The number of ether oxygens (including phenoxy) is 1. The fourth-order valence-electron chi connectivity index (χ4n) is 2.04. The molecule has 2 heterocycles. The second kappa shape index (κ2) is 13.1. The minimum Gasteiger partial charge on any atom is -0.366 e. The molecule has 132 valence electrons. The topological polar surface area (TPSA) is 39.1 Å². The molecule has 4 heteroatoms. The van der Waals surface area contributed by atoms with Crippen LogP contribution < -0.4 is 5.32 Å². The minimum atomic E-state index is 0.133. The van der Waals surface area contributed by atoms with Gasteiger partial charge in [0.2, 0.25) is 0 Å². The molecule has 0 aromatic carbocycles. The predicted molar refractivity (Wildman–Crippen MR) is 99.7 cm³/mol. The minimum absolute atomic E-state index is 0.133. The van der Waals surface area contributed by atoms with Gasteiger partial charge in [0.1, 0.15) is 6.10 Å². The Kier molecular flexibility index (Phi) is 12.3. The first-order valence-electron chi connectivity index (χ1n) is 8.73. The Labute approximate surface area is 142 Å². The summed E-state index contributed by atoms with van der Waals surface area (Å²) in [5.41, 5.74) is 1.07. The third-order valence-electron chi connectivity index (χ3n) is 3.37. The van der Waals surface area contributed by atoms with Gasteiger partial charge in [-0.15, -0.1) is 13.2 Å². The summed E-state index contributed by atoms with van der Waals surface area (Å²) >= 11 is 0. The molecule has 2 unspecified atom stereocenters. The van der Waals surface area contributed by atoms with E-state index in [0.717, 1.165) is 18.8 Å². The van der Waals surface area contributed by atoms with E-state index in [1.165, 1.54) is 12.8 Å². The number of nitrogens with one attached hydrogen (secondary N) is 1. The van der Waals surface area contributed by atoms with Crippen LogP contribution in [0, 0.1) is 0 Å². The number of morpholine rings is 1. The van der Waals surface area contributed by atoms with E-state index in [1.807, 2.05) is 39.8 Å². The maximum Gasteiger partial charge on any atom is 0.114 e. The molecule has 4 nitrogen and oxygen atoms in total. The monoisotopic (exact) mass is 321 g/mol. The van der Waals surface area contributed by atoms with E-state index >= 15 is 0 Å². The third-order valence-corrected chi connectivity index (χ3v) is 3.37. The summed E-state index contributed by atoms with van der Waals surface area (Å²) in [5.74, 6) is 0. The number of allylic oxidation sites excluding steroid dienone is 2. The van der Waals surface area contributed by atoms with E-state index < -0.39 is 0 Å². The summed E-state index contributed by atoms with van der Waals surface area (Å²) < 4.78 is 7.93. The van der Waals surface area contributed by atoms with Crippen molar-refractivity contribution in [2.75, 3.05) is 13.1 Å². The number of rotatable bonds is 2. The molecule has 1 saturated heterocycles. The highest BCUT2D eigenvalue weighted by Crippen LogP contribution is 2.34. The van der Waals surface area contributed by atoms with Crippen LogP contribution in [0.25, 0.3) is 0 Å². The van der Waals surface area contributed by atoms with Crippen LogP contribution in [-0.2, 0) is 4.74 Å². The number of nitrogens with zero attached hydrogens (tertiary/aromatic N) is 2. The molecule has 1 N–H and O–H groups in total. The van der Waals surface area contributed by atoms with Crippen molar-refractivity contribution < 1.29 is 4.74 Å². The third kappa shape index (κ3) is 8.14. The molecule has 1 aromatic rings. The highest BCUT2D eigenvalue weighted by Gasteiger charge is 2.27. The van der Waals surface area contributed by atoms with E-state index in [2.05, 4.69) is 47.4 Å². The first-order valence-corrected chi connectivity index (χ1v) is 8.73. The molecular formula is C19H35N3O. The van der Waals surface area contributed by atoms with Gasteiger partial charge in [0.25, 0.3) is 0 Å². The fraction of sp³-hybridized carbons (Fsp3) is 0.632. The van der Waals surface area contributed by atoms with Crippen molar-refractivity contribution in [1.29, 1.82) is 0 Å². The van der Waals surface area contributed by atoms with Crippen molar-refractivity contribution in [2.45, 2.75) is 65.7 Å². The molecule has 2 atom stereocenters. The molecule has 1 aliphatic heterocycles. The van der Waals surface area contributed by atoms with Crippen molar-refractivity contribution in [1.82, 2.24) is 15.1 Å². The summed E-state index contributed by atoms with van der Waals surface area (Å²) in [5, 5.41) is 7.94. The summed E-state index contributed by atoms with van der Waals surface area (Å²) in [7, 11) is 0. The Bertz CT molecular complexity index is 420. The molecule has 3 rings (SSSR count). The van der Waals surface area contributed by atoms with Crippen molar-refractivity contribution >= 4 is 0 Å². The van der Waals surface area contributed by atoms with Crippen LogP contribution in [0.4, 0.5) is 0 Å². The van der Waals surface area contributed by atoms with Gasteiger partial charge in [0, 0.05) is 19.3 Å². The summed E-state index contributed by atoms with van der Waals surface area (Å²) in [6.45, 7) is 17.9.